The number of hydrogen-bond acceptors (Lipinski definition) is 6. The minimum atomic E-state index is -0.342. The van der Waals surface area contributed by atoms with Crippen LogP contribution in [0.4, 0.5) is 0 Å². The first-order valence-electron chi connectivity index (χ1n) is 10.7. The molecule has 0 spiro atoms. The van der Waals surface area contributed by atoms with Crippen molar-refractivity contribution in [1.82, 2.24) is 9.55 Å². The maximum Gasteiger partial charge on any atom is 0.330 e. The van der Waals surface area contributed by atoms with E-state index in [-0.39, 0.29) is 17.2 Å². The highest BCUT2D eigenvalue weighted by Crippen LogP contribution is 2.31. The summed E-state index contributed by atoms with van der Waals surface area (Å²) in [6.07, 6.45) is 4.74. The van der Waals surface area contributed by atoms with Crippen molar-refractivity contribution in [3.05, 3.63) is 94.5 Å². The van der Waals surface area contributed by atoms with Crippen LogP contribution in [0.5, 0.6) is 23.0 Å². The monoisotopic (exact) mass is 472 g/mol. The topological polar surface area (TPSA) is 103 Å². The van der Waals surface area contributed by atoms with Crippen LogP contribution in [0.25, 0.3) is 23.0 Å². The quantitative estimate of drug-likeness (QED) is 0.290. The van der Waals surface area contributed by atoms with Crippen molar-refractivity contribution < 1.29 is 24.1 Å². The van der Waals surface area contributed by atoms with Gasteiger partial charge >= 0.3 is 5.69 Å². The first-order chi connectivity index (χ1) is 16.9. The molecule has 0 fully saturated rings. The van der Waals surface area contributed by atoms with Crippen molar-refractivity contribution in [1.29, 1.82) is 0 Å². The van der Waals surface area contributed by atoms with Crippen LogP contribution in [0.2, 0.25) is 0 Å². The highest BCUT2D eigenvalue weighted by Gasteiger charge is 2.12. The minimum absolute atomic E-state index is 0.0214. The molecule has 35 heavy (non-hydrogen) atoms. The van der Waals surface area contributed by atoms with Crippen LogP contribution in [0, 0.1) is 0 Å². The van der Waals surface area contributed by atoms with E-state index >= 15 is 0 Å². The molecule has 0 radical (unpaired) electrons. The number of carbonyl (C=O) groups is 1. The summed E-state index contributed by atoms with van der Waals surface area (Å²) in [5.41, 5.74) is 2.66. The molecule has 8 nitrogen and oxygen atoms in total. The van der Waals surface area contributed by atoms with Crippen molar-refractivity contribution in [3.63, 3.8) is 0 Å². The third kappa shape index (κ3) is 4.96. The fourth-order valence-electron chi connectivity index (χ4n) is 3.61. The second kappa shape index (κ2) is 10.0. The summed E-state index contributed by atoms with van der Waals surface area (Å²) in [7, 11) is 4.56. The van der Waals surface area contributed by atoms with E-state index in [4.69, 9.17) is 14.2 Å². The van der Waals surface area contributed by atoms with Gasteiger partial charge in [-0.05, 0) is 54.1 Å². The van der Waals surface area contributed by atoms with Gasteiger partial charge in [0.05, 0.1) is 32.7 Å². The number of aromatic hydroxyl groups is 1. The molecular weight excluding hydrogens is 448 g/mol. The van der Waals surface area contributed by atoms with Gasteiger partial charge in [0.25, 0.3) is 0 Å². The van der Waals surface area contributed by atoms with E-state index in [9.17, 15) is 14.7 Å². The van der Waals surface area contributed by atoms with Crippen LogP contribution in [-0.4, -0.2) is 41.8 Å². The number of imidazole rings is 1. The average molecular weight is 472 g/mol. The lowest BCUT2D eigenvalue weighted by Crippen LogP contribution is -2.14. The van der Waals surface area contributed by atoms with Crippen LogP contribution in [-0.2, 0) is 0 Å². The largest absolute Gasteiger partial charge is 0.504 e. The molecule has 178 valence electrons. The van der Waals surface area contributed by atoms with Gasteiger partial charge in [0.1, 0.15) is 0 Å². The first-order valence-corrected chi connectivity index (χ1v) is 10.7. The Labute approximate surface area is 201 Å². The van der Waals surface area contributed by atoms with Gasteiger partial charge < -0.3 is 24.3 Å². The summed E-state index contributed by atoms with van der Waals surface area (Å²) >= 11 is 0. The molecule has 0 aliphatic rings. The van der Waals surface area contributed by atoms with E-state index in [0.29, 0.717) is 39.8 Å². The lowest BCUT2D eigenvalue weighted by Gasteiger charge is -2.08. The highest BCUT2D eigenvalue weighted by atomic mass is 16.5. The molecule has 4 rings (SSSR count). The van der Waals surface area contributed by atoms with Gasteiger partial charge in [-0.15, -0.1) is 0 Å². The van der Waals surface area contributed by atoms with Crippen LogP contribution in [0.3, 0.4) is 0 Å². The predicted molar refractivity (Wildman–Crippen MR) is 133 cm³/mol. The highest BCUT2D eigenvalue weighted by molar-refractivity contribution is 6.07. The number of nitrogens with one attached hydrogen (secondary N) is 1. The summed E-state index contributed by atoms with van der Waals surface area (Å²) in [5.74, 6) is 1.24. The SMILES string of the molecule is COc1cc(C=CC(=O)c2cccc(-n3cc(-c4ccc(OC)c(OC)c4)[nH]c3=O)c2)ccc1O. The molecule has 3 aromatic carbocycles. The normalized spacial score (nSPS) is 10.9. The number of hydrogen-bond donors (Lipinski definition) is 2. The second-order valence-electron chi connectivity index (χ2n) is 7.59. The molecule has 1 heterocycles. The number of aromatic nitrogens is 2. The number of methoxy groups -OCH3 is 3. The number of aromatic amines is 1. The molecule has 0 saturated heterocycles. The van der Waals surface area contributed by atoms with E-state index in [1.54, 1.807) is 75.0 Å². The second-order valence-corrected chi connectivity index (χ2v) is 7.59. The Morgan fingerprint density at radius 2 is 1.69 bits per heavy atom. The molecule has 0 atom stereocenters. The van der Waals surface area contributed by atoms with Gasteiger partial charge in [0.2, 0.25) is 0 Å². The molecule has 2 N–H and O–H groups in total. The van der Waals surface area contributed by atoms with Crippen molar-refractivity contribution in [2.24, 2.45) is 0 Å². The Hall–Kier alpha value is -4.72. The van der Waals surface area contributed by atoms with E-state index in [1.807, 2.05) is 6.07 Å². The summed E-state index contributed by atoms with van der Waals surface area (Å²) < 4.78 is 17.2. The third-order valence-electron chi connectivity index (χ3n) is 5.45. The fourth-order valence-corrected chi connectivity index (χ4v) is 3.61. The number of carbonyl (C=O) groups excluding carboxylic acids is 1. The van der Waals surface area contributed by atoms with Gasteiger partial charge in [-0.25, -0.2) is 4.79 Å². The van der Waals surface area contributed by atoms with Crippen molar-refractivity contribution in [2.75, 3.05) is 21.3 Å². The Morgan fingerprint density at radius 1 is 0.914 bits per heavy atom. The zero-order valence-electron chi connectivity index (χ0n) is 19.4. The van der Waals surface area contributed by atoms with Gasteiger partial charge in [0, 0.05) is 17.3 Å². The molecule has 0 unspecified atom stereocenters. The van der Waals surface area contributed by atoms with Crippen LogP contribution >= 0.6 is 0 Å². The number of H-pyrrole nitrogens is 1. The predicted octanol–water partition coefficient (Wildman–Crippen LogP) is 4.46. The molecule has 0 aliphatic carbocycles. The number of allylic oxidation sites excluding steroid dienone is 1. The standard InChI is InChI=1S/C27H24N2O6/c1-33-24-12-9-18(15-26(24)35-3)21-16-29(27(32)28-21)20-6-4-5-19(14-20)22(30)10-7-17-8-11-23(31)25(13-17)34-2/h4-16,31H,1-3H3,(H,28,32). The number of benzene rings is 3. The number of nitrogens with zero attached hydrogens (tertiary/aromatic N) is 1. The molecule has 8 heteroatoms. The van der Waals surface area contributed by atoms with Crippen LogP contribution in [0.1, 0.15) is 15.9 Å². The molecule has 4 aromatic rings. The number of phenolic OH excluding ortho intramolecular Hbond substituents is 1. The molecular formula is C27H24N2O6. The summed E-state index contributed by atoms with van der Waals surface area (Å²) in [4.78, 5) is 28.3. The summed E-state index contributed by atoms with van der Waals surface area (Å²) in [5, 5.41) is 9.72. The van der Waals surface area contributed by atoms with Crippen molar-refractivity contribution in [2.45, 2.75) is 0 Å². The maximum absolute atomic E-state index is 12.8. The number of ether oxygens (including phenoxy) is 3. The minimum Gasteiger partial charge on any atom is -0.504 e. The Kier molecular flexibility index (Phi) is 6.73. The number of ketones is 1. The molecule has 1 aromatic heterocycles. The van der Waals surface area contributed by atoms with Crippen molar-refractivity contribution in [3.8, 4) is 39.9 Å². The van der Waals surface area contributed by atoms with Crippen LogP contribution in [0.15, 0.2) is 77.7 Å². The van der Waals surface area contributed by atoms with Crippen LogP contribution < -0.4 is 19.9 Å². The van der Waals surface area contributed by atoms with Gasteiger partial charge in [-0.1, -0.05) is 24.3 Å². The lowest BCUT2D eigenvalue weighted by molar-refractivity contribution is 0.104. The van der Waals surface area contributed by atoms with E-state index < -0.39 is 0 Å². The third-order valence-corrected chi connectivity index (χ3v) is 5.45. The van der Waals surface area contributed by atoms with E-state index in [0.717, 1.165) is 5.56 Å². The van der Waals surface area contributed by atoms with Gasteiger partial charge in [-0.3, -0.25) is 9.36 Å². The van der Waals surface area contributed by atoms with Crippen molar-refractivity contribution >= 4 is 11.9 Å². The molecule has 0 saturated carbocycles. The first kappa shape index (κ1) is 23.4. The summed E-state index contributed by atoms with van der Waals surface area (Å²) in [6.45, 7) is 0. The van der Waals surface area contributed by atoms with E-state index in [1.165, 1.54) is 23.8 Å². The van der Waals surface area contributed by atoms with Gasteiger partial charge in [0.15, 0.2) is 28.8 Å². The number of phenols is 1. The summed E-state index contributed by atoms with van der Waals surface area (Å²) in [6, 6.07) is 17.0. The Morgan fingerprint density at radius 3 is 2.43 bits per heavy atom. The molecule has 0 bridgehead atoms. The lowest BCUT2D eigenvalue weighted by atomic mass is 10.1. The Balaban J connectivity index is 1.60. The zero-order chi connectivity index (χ0) is 24.9. The molecule has 0 amide bonds. The smallest absolute Gasteiger partial charge is 0.330 e. The van der Waals surface area contributed by atoms with E-state index in [2.05, 4.69) is 4.98 Å². The number of rotatable bonds is 8. The fraction of sp³-hybridized carbons (Fsp3) is 0.111. The Bertz CT molecular complexity index is 1460. The van der Waals surface area contributed by atoms with Gasteiger partial charge in [-0.2, -0.15) is 0 Å². The zero-order valence-corrected chi connectivity index (χ0v) is 19.4. The molecule has 0 aliphatic heterocycles. The maximum atomic E-state index is 12.8. The average Bonchev–Trinajstić information content (AvgIpc) is 3.29.